The van der Waals surface area contributed by atoms with E-state index < -0.39 is 0 Å². The van der Waals surface area contributed by atoms with Crippen molar-refractivity contribution in [2.75, 3.05) is 0 Å². The molecule has 0 amide bonds. The molecule has 0 saturated carbocycles. The van der Waals surface area contributed by atoms with Crippen LogP contribution in [0.15, 0.2) is 78.9 Å². The first-order valence-electron chi connectivity index (χ1n) is 7.39. The molecular formula is C20H13ClN2. The van der Waals surface area contributed by atoms with Crippen LogP contribution in [0, 0.1) is 0 Å². The second-order valence-corrected chi connectivity index (χ2v) is 5.73. The minimum absolute atomic E-state index is 0.681. The van der Waals surface area contributed by atoms with Gasteiger partial charge < -0.3 is 0 Å². The fourth-order valence-electron chi connectivity index (χ4n) is 2.65. The van der Waals surface area contributed by atoms with E-state index in [2.05, 4.69) is 18.2 Å². The standard InChI is InChI=1S/C20H13ClN2/c21-16-10-6-9-15(13-16)20-22-18-12-5-4-11-17(18)19(23-20)14-7-2-1-3-8-14/h1-13H. The number of rotatable bonds is 2. The number of hydrogen-bond acceptors (Lipinski definition) is 2. The normalized spacial score (nSPS) is 10.8. The number of para-hydroxylation sites is 1. The predicted octanol–water partition coefficient (Wildman–Crippen LogP) is 5.62. The van der Waals surface area contributed by atoms with Crippen LogP contribution in [0.5, 0.6) is 0 Å². The third kappa shape index (κ3) is 2.69. The Morgan fingerprint density at radius 3 is 2.22 bits per heavy atom. The first-order chi connectivity index (χ1) is 11.3. The third-order valence-electron chi connectivity index (χ3n) is 3.73. The molecule has 0 fully saturated rings. The predicted molar refractivity (Wildman–Crippen MR) is 95.4 cm³/mol. The molecule has 4 rings (SSSR count). The summed E-state index contributed by atoms with van der Waals surface area (Å²) in [6, 6.07) is 25.9. The van der Waals surface area contributed by atoms with Crippen LogP contribution in [0.2, 0.25) is 5.02 Å². The molecule has 0 saturated heterocycles. The molecule has 0 unspecified atom stereocenters. The molecule has 1 heterocycles. The lowest BCUT2D eigenvalue weighted by molar-refractivity contribution is 1.23. The molecule has 0 N–H and O–H groups in total. The minimum Gasteiger partial charge on any atom is -0.228 e. The van der Waals surface area contributed by atoms with Crippen LogP contribution < -0.4 is 0 Å². The van der Waals surface area contributed by atoms with Gasteiger partial charge in [0.2, 0.25) is 0 Å². The quantitative estimate of drug-likeness (QED) is 0.480. The van der Waals surface area contributed by atoms with E-state index in [0.717, 1.165) is 27.7 Å². The molecule has 0 aliphatic heterocycles. The van der Waals surface area contributed by atoms with Crippen molar-refractivity contribution in [2.24, 2.45) is 0 Å². The highest BCUT2D eigenvalue weighted by Crippen LogP contribution is 2.29. The van der Waals surface area contributed by atoms with E-state index in [9.17, 15) is 0 Å². The smallest absolute Gasteiger partial charge is 0.160 e. The average Bonchev–Trinajstić information content (AvgIpc) is 2.61. The van der Waals surface area contributed by atoms with Crippen molar-refractivity contribution in [3.63, 3.8) is 0 Å². The Bertz CT molecular complexity index is 981. The monoisotopic (exact) mass is 316 g/mol. The lowest BCUT2D eigenvalue weighted by Crippen LogP contribution is -1.94. The highest BCUT2D eigenvalue weighted by atomic mass is 35.5. The van der Waals surface area contributed by atoms with Crippen LogP contribution in [0.3, 0.4) is 0 Å². The Balaban J connectivity index is 2.01. The Morgan fingerprint density at radius 2 is 1.39 bits per heavy atom. The number of benzene rings is 3. The van der Waals surface area contributed by atoms with Gasteiger partial charge in [0.25, 0.3) is 0 Å². The maximum absolute atomic E-state index is 6.11. The summed E-state index contributed by atoms with van der Waals surface area (Å²) in [5.74, 6) is 0.685. The molecule has 3 aromatic carbocycles. The summed E-state index contributed by atoms with van der Waals surface area (Å²) in [7, 11) is 0. The zero-order valence-corrected chi connectivity index (χ0v) is 13.0. The Labute approximate surface area is 139 Å². The molecule has 1 aromatic heterocycles. The van der Waals surface area contributed by atoms with Crippen molar-refractivity contribution in [1.29, 1.82) is 0 Å². The van der Waals surface area contributed by atoms with Crippen LogP contribution in [0.4, 0.5) is 0 Å². The minimum atomic E-state index is 0.681. The van der Waals surface area contributed by atoms with Gasteiger partial charge in [-0.25, -0.2) is 9.97 Å². The summed E-state index contributed by atoms with van der Waals surface area (Å²) in [5.41, 5.74) is 3.86. The van der Waals surface area contributed by atoms with Crippen LogP contribution >= 0.6 is 11.6 Å². The maximum Gasteiger partial charge on any atom is 0.160 e. The molecule has 0 spiro atoms. The molecule has 0 bridgehead atoms. The lowest BCUT2D eigenvalue weighted by atomic mass is 10.1. The molecule has 4 aromatic rings. The molecule has 0 aliphatic rings. The molecule has 23 heavy (non-hydrogen) atoms. The van der Waals surface area contributed by atoms with Crippen LogP contribution in [-0.4, -0.2) is 9.97 Å². The van der Waals surface area contributed by atoms with E-state index in [1.165, 1.54) is 0 Å². The number of aromatic nitrogens is 2. The molecule has 2 nitrogen and oxygen atoms in total. The highest BCUT2D eigenvalue weighted by molar-refractivity contribution is 6.30. The largest absolute Gasteiger partial charge is 0.228 e. The van der Waals surface area contributed by atoms with Crippen molar-refractivity contribution in [3.8, 4) is 22.6 Å². The number of hydrogen-bond donors (Lipinski definition) is 0. The van der Waals surface area contributed by atoms with E-state index in [4.69, 9.17) is 21.6 Å². The summed E-state index contributed by atoms with van der Waals surface area (Å²) in [6.07, 6.45) is 0. The van der Waals surface area contributed by atoms with Gasteiger partial charge in [-0.15, -0.1) is 0 Å². The van der Waals surface area contributed by atoms with Gasteiger partial charge in [-0.1, -0.05) is 72.3 Å². The first-order valence-corrected chi connectivity index (χ1v) is 7.77. The molecule has 0 atom stereocenters. The number of fused-ring (bicyclic) bond motifs is 1. The van der Waals surface area contributed by atoms with Gasteiger partial charge in [0, 0.05) is 21.5 Å². The summed E-state index contributed by atoms with van der Waals surface area (Å²) in [4.78, 5) is 9.52. The van der Waals surface area contributed by atoms with Gasteiger partial charge in [0.1, 0.15) is 0 Å². The maximum atomic E-state index is 6.11. The molecule has 3 heteroatoms. The number of halogens is 1. The van der Waals surface area contributed by atoms with E-state index in [1.54, 1.807) is 0 Å². The van der Waals surface area contributed by atoms with Gasteiger partial charge in [-0.2, -0.15) is 0 Å². The second-order valence-electron chi connectivity index (χ2n) is 5.29. The second kappa shape index (κ2) is 5.82. The zero-order valence-electron chi connectivity index (χ0n) is 12.3. The molecule has 110 valence electrons. The van der Waals surface area contributed by atoms with Crippen LogP contribution in [0.25, 0.3) is 33.5 Å². The fourth-order valence-corrected chi connectivity index (χ4v) is 2.84. The molecule has 0 aliphatic carbocycles. The summed E-state index contributed by atoms with van der Waals surface area (Å²) < 4.78 is 0. The van der Waals surface area contributed by atoms with Crippen LogP contribution in [0.1, 0.15) is 0 Å². The van der Waals surface area contributed by atoms with Crippen molar-refractivity contribution in [1.82, 2.24) is 9.97 Å². The first kappa shape index (κ1) is 13.9. The lowest BCUT2D eigenvalue weighted by Gasteiger charge is -2.09. The van der Waals surface area contributed by atoms with Crippen molar-refractivity contribution in [3.05, 3.63) is 83.9 Å². The van der Waals surface area contributed by atoms with E-state index in [0.29, 0.717) is 10.8 Å². The Morgan fingerprint density at radius 1 is 0.652 bits per heavy atom. The van der Waals surface area contributed by atoms with Gasteiger partial charge >= 0.3 is 0 Å². The van der Waals surface area contributed by atoms with Crippen molar-refractivity contribution >= 4 is 22.5 Å². The van der Waals surface area contributed by atoms with Gasteiger partial charge in [-0.3, -0.25) is 0 Å². The number of nitrogens with zero attached hydrogens (tertiary/aromatic N) is 2. The molecular weight excluding hydrogens is 304 g/mol. The zero-order chi connectivity index (χ0) is 15.6. The van der Waals surface area contributed by atoms with Gasteiger partial charge in [0.05, 0.1) is 11.2 Å². The highest BCUT2D eigenvalue weighted by Gasteiger charge is 2.11. The van der Waals surface area contributed by atoms with Crippen molar-refractivity contribution in [2.45, 2.75) is 0 Å². The van der Waals surface area contributed by atoms with E-state index in [1.807, 2.05) is 60.7 Å². The van der Waals surface area contributed by atoms with Gasteiger partial charge in [0.15, 0.2) is 5.82 Å². The molecule has 0 radical (unpaired) electrons. The van der Waals surface area contributed by atoms with Crippen molar-refractivity contribution < 1.29 is 0 Å². The fraction of sp³-hybridized carbons (Fsp3) is 0. The topological polar surface area (TPSA) is 25.8 Å². The third-order valence-corrected chi connectivity index (χ3v) is 3.97. The Hall–Kier alpha value is -2.71. The van der Waals surface area contributed by atoms with Crippen LogP contribution in [-0.2, 0) is 0 Å². The Kier molecular flexibility index (Phi) is 3.52. The van der Waals surface area contributed by atoms with E-state index >= 15 is 0 Å². The SMILES string of the molecule is Clc1cccc(-c2nc(-c3ccccc3)c3ccccc3n2)c1. The summed E-state index contributed by atoms with van der Waals surface area (Å²) >= 11 is 6.11. The van der Waals surface area contributed by atoms with Gasteiger partial charge in [-0.05, 0) is 18.2 Å². The summed E-state index contributed by atoms with van der Waals surface area (Å²) in [6.45, 7) is 0. The van der Waals surface area contributed by atoms with E-state index in [-0.39, 0.29) is 0 Å². The summed E-state index contributed by atoms with van der Waals surface area (Å²) in [5, 5.41) is 1.73. The average molecular weight is 317 g/mol.